The van der Waals surface area contributed by atoms with Crippen LogP contribution in [0.25, 0.3) is 0 Å². The molecule has 0 saturated heterocycles. The van der Waals surface area contributed by atoms with Crippen molar-refractivity contribution in [1.82, 2.24) is 0 Å². The first-order valence-electron chi connectivity index (χ1n) is 11.6. The predicted molar refractivity (Wildman–Crippen MR) is 115 cm³/mol. The monoisotopic (exact) mass is 366 g/mol. The highest BCUT2D eigenvalue weighted by Crippen LogP contribution is 2.11. The van der Waals surface area contributed by atoms with Crippen molar-refractivity contribution >= 4 is 5.97 Å². The molecule has 0 aromatic rings. The lowest BCUT2D eigenvalue weighted by atomic mass is 10.1. The van der Waals surface area contributed by atoms with Crippen LogP contribution < -0.4 is 0 Å². The molecule has 0 aliphatic carbocycles. The molecule has 0 N–H and O–H groups in total. The van der Waals surface area contributed by atoms with Gasteiger partial charge in [-0.2, -0.15) is 0 Å². The molecule has 0 aliphatic heterocycles. The topological polar surface area (TPSA) is 26.3 Å². The number of carbonyl (C=O) groups excluding carboxylic acids is 1. The maximum absolute atomic E-state index is 11.9. The number of ether oxygens (including phenoxy) is 1. The molecule has 0 aromatic carbocycles. The lowest BCUT2D eigenvalue weighted by Crippen LogP contribution is -2.07. The van der Waals surface area contributed by atoms with E-state index in [0.29, 0.717) is 6.61 Å². The molecule has 154 valence electrons. The van der Waals surface area contributed by atoms with Gasteiger partial charge in [0.15, 0.2) is 0 Å². The van der Waals surface area contributed by atoms with Gasteiger partial charge in [0.05, 0.1) is 6.61 Å². The fourth-order valence-electron chi connectivity index (χ4n) is 3.19. The molecule has 0 unspecified atom stereocenters. The van der Waals surface area contributed by atoms with Gasteiger partial charge in [-0.1, -0.05) is 110 Å². The van der Waals surface area contributed by atoms with Crippen LogP contribution >= 0.6 is 0 Å². The summed E-state index contributed by atoms with van der Waals surface area (Å²) in [5.74, 6) is -0.119. The highest BCUT2D eigenvalue weighted by Gasteiger charge is 2.04. The third kappa shape index (κ3) is 18.0. The Balaban J connectivity index is 3.42. The average Bonchev–Trinajstić information content (AvgIpc) is 2.65. The molecule has 0 rings (SSSR count). The van der Waals surface area contributed by atoms with Crippen molar-refractivity contribution in [2.75, 3.05) is 6.61 Å². The SMILES string of the molecule is CCCCCCCC/C=C(\C)C(=O)OCCCCCCCCCCCC. The Morgan fingerprint density at radius 1 is 0.654 bits per heavy atom. The molecule has 0 heterocycles. The smallest absolute Gasteiger partial charge is 0.333 e. The zero-order chi connectivity index (χ0) is 19.3. The van der Waals surface area contributed by atoms with E-state index in [2.05, 4.69) is 19.9 Å². The Kier molecular flexibility index (Phi) is 19.9. The second-order valence-electron chi connectivity index (χ2n) is 7.76. The van der Waals surface area contributed by atoms with Crippen molar-refractivity contribution in [3.8, 4) is 0 Å². The van der Waals surface area contributed by atoms with Gasteiger partial charge in [-0.3, -0.25) is 0 Å². The number of allylic oxidation sites excluding steroid dienone is 1. The molecular formula is C24H46O2. The van der Waals surface area contributed by atoms with Gasteiger partial charge in [0.2, 0.25) is 0 Å². The molecular weight excluding hydrogens is 320 g/mol. The number of hydrogen-bond acceptors (Lipinski definition) is 2. The lowest BCUT2D eigenvalue weighted by molar-refractivity contribution is -0.139. The summed E-state index contributed by atoms with van der Waals surface area (Å²) in [6.45, 7) is 6.97. The molecule has 2 heteroatoms. The normalized spacial score (nSPS) is 11.7. The number of unbranched alkanes of at least 4 members (excludes halogenated alkanes) is 15. The Morgan fingerprint density at radius 2 is 1.08 bits per heavy atom. The summed E-state index contributed by atoms with van der Waals surface area (Å²) in [7, 11) is 0. The van der Waals surface area contributed by atoms with Crippen LogP contribution in [0.1, 0.15) is 130 Å². The van der Waals surface area contributed by atoms with Gasteiger partial charge >= 0.3 is 5.97 Å². The minimum atomic E-state index is -0.119. The quantitative estimate of drug-likeness (QED) is 0.131. The number of rotatable bonds is 19. The number of carbonyl (C=O) groups is 1. The zero-order valence-electron chi connectivity index (χ0n) is 18.1. The maximum Gasteiger partial charge on any atom is 0.333 e. The Labute approximate surface area is 164 Å². The van der Waals surface area contributed by atoms with Gasteiger partial charge in [0.25, 0.3) is 0 Å². The zero-order valence-corrected chi connectivity index (χ0v) is 18.1. The molecule has 0 aromatic heterocycles. The van der Waals surface area contributed by atoms with Crippen molar-refractivity contribution in [2.24, 2.45) is 0 Å². The lowest BCUT2D eigenvalue weighted by Gasteiger charge is -2.06. The average molecular weight is 367 g/mol. The van der Waals surface area contributed by atoms with E-state index < -0.39 is 0 Å². The molecule has 2 nitrogen and oxygen atoms in total. The van der Waals surface area contributed by atoms with E-state index in [1.807, 2.05) is 6.92 Å². The van der Waals surface area contributed by atoms with Crippen LogP contribution in [0, 0.1) is 0 Å². The van der Waals surface area contributed by atoms with Crippen molar-refractivity contribution in [3.05, 3.63) is 11.6 Å². The highest BCUT2D eigenvalue weighted by atomic mass is 16.5. The summed E-state index contributed by atoms with van der Waals surface area (Å²) < 4.78 is 5.38. The van der Waals surface area contributed by atoms with E-state index in [0.717, 1.165) is 18.4 Å². The summed E-state index contributed by atoms with van der Waals surface area (Å²) in [5.41, 5.74) is 0.783. The number of esters is 1. The van der Waals surface area contributed by atoms with Crippen LogP contribution in [0.5, 0.6) is 0 Å². The first-order chi connectivity index (χ1) is 12.7. The standard InChI is InChI=1S/C24H46O2/c1-4-6-8-10-12-13-14-16-18-20-22-26-24(25)23(3)21-19-17-15-11-9-7-5-2/h21H,4-20,22H2,1-3H3/b23-21+. The summed E-state index contributed by atoms with van der Waals surface area (Å²) in [4.78, 5) is 11.9. The van der Waals surface area contributed by atoms with E-state index >= 15 is 0 Å². The van der Waals surface area contributed by atoms with Gasteiger partial charge in [0.1, 0.15) is 0 Å². The molecule has 0 saturated carbocycles. The Bertz CT molecular complexity index is 333. The van der Waals surface area contributed by atoms with Crippen molar-refractivity contribution in [2.45, 2.75) is 130 Å². The summed E-state index contributed by atoms with van der Waals surface area (Å²) in [6.07, 6.45) is 23.9. The molecule has 0 bridgehead atoms. The molecule has 0 fully saturated rings. The third-order valence-corrected chi connectivity index (χ3v) is 5.06. The van der Waals surface area contributed by atoms with Crippen molar-refractivity contribution in [1.29, 1.82) is 0 Å². The number of hydrogen-bond donors (Lipinski definition) is 0. The molecule has 26 heavy (non-hydrogen) atoms. The summed E-state index contributed by atoms with van der Waals surface area (Å²) in [5, 5.41) is 0. The molecule has 0 amide bonds. The van der Waals surface area contributed by atoms with Gasteiger partial charge in [0, 0.05) is 5.57 Å². The molecule has 0 radical (unpaired) electrons. The molecule has 0 spiro atoms. The van der Waals surface area contributed by atoms with E-state index in [9.17, 15) is 4.79 Å². The minimum absolute atomic E-state index is 0.119. The Hall–Kier alpha value is -0.790. The van der Waals surface area contributed by atoms with Crippen molar-refractivity contribution in [3.63, 3.8) is 0 Å². The van der Waals surface area contributed by atoms with Gasteiger partial charge < -0.3 is 4.74 Å². The fraction of sp³-hybridized carbons (Fsp3) is 0.875. The third-order valence-electron chi connectivity index (χ3n) is 5.06. The van der Waals surface area contributed by atoms with E-state index in [1.165, 1.54) is 96.3 Å². The van der Waals surface area contributed by atoms with Crippen LogP contribution in [-0.2, 0) is 9.53 Å². The Morgan fingerprint density at radius 3 is 1.58 bits per heavy atom. The van der Waals surface area contributed by atoms with Crippen LogP contribution in [0.2, 0.25) is 0 Å². The largest absolute Gasteiger partial charge is 0.462 e. The van der Waals surface area contributed by atoms with Gasteiger partial charge in [-0.15, -0.1) is 0 Å². The van der Waals surface area contributed by atoms with E-state index in [-0.39, 0.29) is 5.97 Å². The van der Waals surface area contributed by atoms with Gasteiger partial charge in [-0.05, 0) is 26.2 Å². The van der Waals surface area contributed by atoms with Crippen LogP contribution in [0.15, 0.2) is 11.6 Å². The van der Waals surface area contributed by atoms with E-state index in [1.54, 1.807) is 0 Å². The van der Waals surface area contributed by atoms with Crippen molar-refractivity contribution < 1.29 is 9.53 Å². The highest BCUT2D eigenvalue weighted by molar-refractivity contribution is 5.87. The first-order valence-corrected chi connectivity index (χ1v) is 11.6. The van der Waals surface area contributed by atoms with Crippen LogP contribution in [0.3, 0.4) is 0 Å². The predicted octanol–water partition coefficient (Wildman–Crippen LogP) is 8.15. The second kappa shape index (κ2) is 20.5. The molecule has 0 atom stereocenters. The van der Waals surface area contributed by atoms with Gasteiger partial charge in [-0.25, -0.2) is 4.79 Å². The first kappa shape index (κ1) is 25.2. The second-order valence-corrected chi connectivity index (χ2v) is 7.76. The maximum atomic E-state index is 11.9. The fourth-order valence-corrected chi connectivity index (χ4v) is 3.19. The molecule has 0 aliphatic rings. The summed E-state index contributed by atoms with van der Waals surface area (Å²) in [6, 6.07) is 0. The van der Waals surface area contributed by atoms with E-state index in [4.69, 9.17) is 4.74 Å². The minimum Gasteiger partial charge on any atom is -0.462 e. The van der Waals surface area contributed by atoms with Crippen LogP contribution in [0.4, 0.5) is 0 Å². The summed E-state index contributed by atoms with van der Waals surface area (Å²) >= 11 is 0. The van der Waals surface area contributed by atoms with Crippen LogP contribution in [-0.4, -0.2) is 12.6 Å².